The van der Waals surface area contributed by atoms with Crippen LogP contribution < -0.4 is 11.1 Å². The second-order valence-corrected chi connectivity index (χ2v) is 6.17. The number of nitrogens with one attached hydrogen (secondary N) is 1. The van der Waals surface area contributed by atoms with Gasteiger partial charge >= 0.3 is 0 Å². The number of nitrogens with two attached hydrogens (primary N) is 1. The summed E-state index contributed by atoms with van der Waals surface area (Å²) in [4.78, 5) is 6.87. The molecule has 0 spiro atoms. The first kappa shape index (κ1) is 21.0. The lowest BCUT2D eigenvalue weighted by molar-refractivity contribution is 0.253. The molecule has 21 heavy (non-hydrogen) atoms. The van der Waals surface area contributed by atoms with Crippen LogP contribution in [0.15, 0.2) is 4.99 Å². The molecule has 0 aliphatic heterocycles. The summed E-state index contributed by atoms with van der Waals surface area (Å²) in [6.45, 7) is 6.22. The van der Waals surface area contributed by atoms with Crippen molar-refractivity contribution in [2.75, 3.05) is 20.1 Å². The van der Waals surface area contributed by atoms with Crippen LogP contribution in [0, 0.1) is 0 Å². The van der Waals surface area contributed by atoms with Gasteiger partial charge in [0.05, 0.1) is 6.54 Å². The Morgan fingerprint density at radius 2 is 1.86 bits per heavy atom. The molecule has 4 nitrogen and oxygen atoms in total. The largest absolute Gasteiger partial charge is 0.370 e. The van der Waals surface area contributed by atoms with E-state index in [2.05, 4.69) is 36.1 Å². The van der Waals surface area contributed by atoms with Crippen molar-refractivity contribution in [2.45, 2.75) is 77.3 Å². The van der Waals surface area contributed by atoms with Gasteiger partial charge in [0.2, 0.25) is 0 Å². The van der Waals surface area contributed by atoms with E-state index in [0.29, 0.717) is 12.0 Å². The van der Waals surface area contributed by atoms with E-state index in [1.54, 1.807) is 0 Å². The summed E-state index contributed by atoms with van der Waals surface area (Å²) in [7, 11) is 2.19. The highest BCUT2D eigenvalue weighted by Crippen LogP contribution is 2.26. The number of guanidine groups is 1. The van der Waals surface area contributed by atoms with E-state index in [9.17, 15) is 0 Å². The van der Waals surface area contributed by atoms with Crippen molar-refractivity contribution in [2.24, 2.45) is 10.7 Å². The maximum absolute atomic E-state index is 5.90. The molecule has 126 valence electrons. The third kappa shape index (κ3) is 10.3. The Balaban J connectivity index is 0.00000400. The maximum Gasteiger partial charge on any atom is 0.188 e. The van der Waals surface area contributed by atoms with Crippen LogP contribution in [-0.2, 0) is 0 Å². The van der Waals surface area contributed by atoms with Crippen LogP contribution in [0.3, 0.4) is 0 Å². The van der Waals surface area contributed by atoms with E-state index in [-0.39, 0.29) is 24.0 Å². The van der Waals surface area contributed by atoms with Gasteiger partial charge in [-0.25, -0.2) is 0 Å². The molecule has 0 aromatic heterocycles. The van der Waals surface area contributed by atoms with Crippen LogP contribution in [0.25, 0.3) is 0 Å². The third-order valence-electron chi connectivity index (χ3n) is 4.18. The molecule has 1 unspecified atom stereocenters. The number of hydrogen-bond acceptors (Lipinski definition) is 2. The van der Waals surface area contributed by atoms with Crippen molar-refractivity contribution >= 4 is 29.9 Å². The second kappa shape index (κ2) is 12.5. The van der Waals surface area contributed by atoms with Crippen molar-refractivity contribution in [3.05, 3.63) is 0 Å². The first-order valence-electron chi connectivity index (χ1n) is 8.40. The smallest absolute Gasteiger partial charge is 0.188 e. The summed E-state index contributed by atoms with van der Waals surface area (Å²) in [5.74, 6) is 0.606. The molecule has 1 aliphatic carbocycles. The van der Waals surface area contributed by atoms with Gasteiger partial charge in [-0.15, -0.1) is 24.0 Å². The monoisotopic (exact) mass is 410 g/mol. The minimum atomic E-state index is 0. The number of hydrogen-bond donors (Lipinski definition) is 2. The average Bonchev–Trinajstić information content (AvgIpc) is 3.27. The van der Waals surface area contributed by atoms with Crippen LogP contribution in [-0.4, -0.2) is 43.1 Å². The Hall–Kier alpha value is -0.0400. The average molecular weight is 410 g/mol. The van der Waals surface area contributed by atoms with Crippen LogP contribution in [0.2, 0.25) is 0 Å². The highest BCUT2D eigenvalue weighted by atomic mass is 127. The molecule has 1 aliphatic rings. The van der Waals surface area contributed by atoms with E-state index >= 15 is 0 Å². The van der Waals surface area contributed by atoms with E-state index in [0.717, 1.165) is 19.1 Å². The zero-order chi connectivity index (χ0) is 14.8. The highest BCUT2D eigenvalue weighted by Gasteiger charge is 2.28. The Kier molecular flexibility index (Phi) is 12.5. The Labute approximate surface area is 148 Å². The third-order valence-corrected chi connectivity index (χ3v) is 4.18. The number of unbranched alkanes of at least 4 members (excludes halogenated alkanes) is 5. The fraction of sp³-hybridized carbons (Fsp3) is 0.938. The van der Waals surface area contributed by atoms with Crippen molar-refractivity contribution in [3.8, 4) is 0 Å². The number of rotatable bonds is 11. The van der Waals surface area contributed by atoms with Gasteiger partial charge < -0.3 is 11.1 Å². The van der Waals surface area contributed by atoms with Gasteiger partial charge in [-0.05, 0) is 33.2 Å². The molecule has 0 saturated heterocycles. The maximum atomic E-state index is 5.90. The number of nitrogens with zero attached hydrogens (tertiary/aromatic N) is 2. The highest BCUT2D eigenvalue weighted by molar-refractivity contribution is 14.0. The predicted molar refractivity (Wildman–Crippen MR) is 104 cm³/mol. The molecular formula is C16H35IN4. The molecule has 1 fully saturated rings. The summed E-state index contributed by atoms with van der Waals surface area (Å²) < 4.78 is 0. The van der Waals surface area contributed by atoms with Crippen LogP contribution in [0.4, 0.5) is 0 Å². The first-order valence-corrected chi connectivity index (χ1v) is 8.40. The number of aliphatic imine (C=N–C) groups is 1. The molecule has 3 N–H and O–H groups in total. The normalized spacial score (nSPS) is 16.7. The fourth-order valence-corrected chi connectivity index (χ4v) is 2.38. The van der Waals surface area contributed by atoms with E-state index < -0.39 is 0 Å². The summed E-state index contributed by atoms with van der Waals surface area (Å²) in [5, 5.41) is 3.22. The summed E-state index contributed by atoms with van der Waals surface area (Å²) in [5.41, 5.74) is 5.90. The Bertz CT molecular complexity index is 279. The van der Waals surface area contributed by atoms with Gasteiger partial charge in [0.15, 0.2) is 5.96 Å². The topological polar surface area (TPSA) is 53.6 Å². The van der Waals surface area contributed by atoms with Gasteiger partial charge in [-0.1, -0.05) is 39.0 Å². The van der Waals surface area contributed by atoms with Crippen LogP contribution in [0.1, 0.15) is 65.2 Å². The summed E-state index contributed by atoms with van der Waals surface area (Å²) in [6.07, 6.45) is 10.6. The second-order valence-electron chi connectivity index (χ2n) is 6.17. The lowest BCUT2D eigenvalue weighted by Crippen LogP contribution is -2.37. The predicted octanol–water partition coefficient (Wildman–Crippen LogP) is 3.35. The molecule has 1 saturated carbocycles. The first-order chi connectivity index (χ1) is 9.65. The quantitative estimate of drug-likeness (QED) is 0.238. The fourth-order valence-electron chi connectivity index (χ4n) is 2.38. The molecule has 0 amide bonds. The van der Waals surface area contributed by atoms with Gasteiger partial charge in [-0.2, -0.15) is 0 Å². The molecule has 0 heterocycles. The molecule has 1 atom stereocenters. The van der Waals surface area contributed by atoms with Gasteiger partial charge in [0.1, 0.15) is 0 Å². The lowest BCUT2D eigenvalue weighted by Gasteiger charge is -2.22. The van der Waals surface area contributed by atoms with Crippen molar-refractivity contribution in [1.82, 2.24) is 10.2 Å². The standard InChI is InChI=1S/C16H34N4.HI/c1-4-5-6-7-8-9-12-18-16(17)19-13-14(2)20(3)15-10-11-15;/h14-15H,4-13H2,1-3H3,(H3,17,18,19);1H. The number of halogens is 1. The molecule has 0 radical (unpaired) electrons. The van der Waals surface area contributed by atoms with Crippen LogP contribution in [0.5, 0.6) is 0 Å². The summed E-state index contributed by atoms with van der Waals surface area (Å²) in [6, 6.07) is 1.27. The van der Waals surface area contributed by atoms with Crippen molar-refractivity contribution < 1.29 is 0 Å². The minimum absolute atomic E-state index is 0. The molecule has 0 aromatic rings. The molecule has 5 heteroatoms. The SMILES string of the molecule is CCCCCCCCNC(N)=NCC(C)N(C)C1CC1.I. The van der Waals surface area contributed by atoms with E-state index in [1.807, 2.05) is 0 Å². The zero-order valence-electron chi connectivity index (χ0n) is 14.1. The van der Waals surface area contributed by atoms with Gasteiger partial charge in [-0.3, -0.25) is 9.89 Å². The minimum Gasteiger partial charge on any atom is -0.370 e. The van der Waals surface area contributed by atoms with E-state index in [4.69, 9.17) is 5.73 Å². The zero-order valence-corrected chi connectivity index (χ0v) is 16.4. The number of likely N-dealkylation sites (N-methyl/N-ethyl adjacent to an activating group) is 1. The van der Waals surface area contributed by atoms with Crippen molar-refractivity contribution in [1.29, 1.82) is 0 Å². The van der Waals surface area contributed by atoms with Gasteiger partial charge in [0.25, 0.3) is 0 Å². The Morgan fingerprint density at radius 3 is 2.48 bits per heavy atom. The Morgan fingerprint density at radius 1 is 1.24 bits per heavy atom. The molecule has 0 bridgehead atoms. The van der Waals surface area contributed by atoms with Gasteiger partial charge in [0, 0.05) is 18.6 Å². The van der Waals surface area contributed by atoms with E-state index in [1.165, 1.54) is 51.4 Å². The van der Waals surface area contributed by atoms with Crippen molar-refractivity contribution in [3.63, 3.8) is 0 Å². The lowest BCUT2D eigenvalue weighted by atomic mass is 10.1. The molecular weight excluding hydrogens is 375 g/mol. The summed E-state index contributed by atoms with van der Waals surface area (Å²) >= 11 is 0. The van der Waals surface area contributed by atoms with Crippen LogP contribution >= 0.6 is 24.0 Å². The molecule has 0 aromatic carbocycles. The molecule has 1 rings (SSSR count).